The lowest BCUT2D eigenvalue weighted by Gasteiger charge is -2.04. The Kier molecular flexibility index (Phi) is 3.41. The van der Waals surface area contributed by atoms with E-state index in [1.807, 2.05) is 24.4 Å². The van der Waals surface area contributed by atoms with Gasteiger partial charge in [0.1, 0.15) is 11.5 Å². The molecule has 86 valence electrons. The number of hydrogen-bond donors (Lipinski definition) is 1. The van der Waals surface area contributed by atoms with Crippen molar-refractivity contribution in [1.82, 2.24) is 4.98 Å². The van der Waals surface area contributed by atoms with Gasteiger partial charge >= 0.3 is 0 Å². The van der Waals surface area contributed by atoms with Crippen LogP contribution in [0.15, 0.2) is 21.9 Å². The lowest BCUT2D eigenvalue weighted by molar-refractivity contribution is 0.546. The highest BCUT2D eigenvalue weighted by molar-refractivity contribution is 7.10. The summed E-state index contributed by atoms with van der Waals surface area (Å²) in [6.07, 6.45) is 0.976. The second-order valence-electron chi connectivity index (χ2n) is 3.96. The van der Waals surface area contributed by atoms with Crippen molar-refractivity contribution in [3.8, 4) is 11.5 Å². The van der Waals surface area contributed by atoms with E-state index in [1.165, 1.54) is 0 Å². The summed E-state index contributed by atoms with van der Waals surface area (Å²) in [5.41, 5.74) is 6.47. The first-order chi connectivity index (χ1) is 7.70. The second kappa shape index (κ2) is 4.80. The second-order valence-corrected chi connectivity index (χ2v) is 4.85. The van der Waals surface area contributed by atoms with E-state index >= 15 is 0 Å². The zero-order valence-corrected chi connectivity index (χ0v) is 10.4. The van der Waals surface area contributed by atoms with Gasteiger partial charge in [0.05, 0.1) is 5.01 Å². The van der Waals surface area contributed by atoms with Crippen molar-refractivity contribution in [3.05, 3.63) is 28.3 Å². The van der Waals surface area contributed by atoms with Crippen molar-refractivity contribution < 1.29 is 4.42 Å². The predicted molar refractivity (Wildman–Crippen MR) is 66.6 cm³/mol. The van der Waals surface area contributed by atoms with Crippen LogP contribution in [-0.2, 0) is 0 Å². The monoisotopic (exact) mass is 236 g/mol. The van der Waals surface area contributed by atoms with E-state index in [0.29, 0.717) is 12.5 Å². The molecule has 2 N–H and O–H groups in total. The van der Waals surface area contributed by atoms with Crippen LogP contribution in [0, 0.1) is 6.92 Å². The summed E-state index contributed by atoms with van der Waals surface area (Å²) in [6, 6.07) is 3.92. The lowest BCUT2D eigenvalue weighted by Crippen LogP contribution is -2.04. The van der Waals surface area contributed by atoms with Gasteiger partial charge in [-0.3, -0.25) is 0 Å². The first kappa shape index (κ1) is 11.4. The topological polar surface area (TPSA) is 52.0 Å². The Hall–Kier alpha value is -1.13. The van der Waals surface area contributed by atoms with Gasteiger partial charge < -0.3 is 10.2 Å². The van der Waals surface area contributed by atoms with Gasteiger partial charge in [-0.1, -0.05) is 6.92 Å². The molecule has 2 aromatic heterocycles. The Morgan fingerprint density at radius 3 is 2.94 bits per heavy atom. The molecule has 4 heteroatoms. The van der Waals surface area contributed by atoms with E-state index in [0.717, 1.165) is 28.6 Å². The molecule has 2 heterocycles. The Morgan fingerprint density at radius 1 is 1.50 bits per heavy atom. The summed E-state index contributed by atoms with van der Waals surface area (Å²) in [6.45, 7) is 4.80. The van der Waals surface area contributed by atoms with Crippen molar-refractivity contribution in [3.63, 3.8) is 0 Å². The molecule has 16 heavy (non-hydrogen) atoms. The highest BCUT2D eigenvalue weighted by Gasteiger charge is 2.12. The quantitative estimate of drug-likeness (QED) is 0.887. The van der Waals surface area contributed by atoms with Crippen LogP contribution >= 0.6 is 11.3 Å². The minimum atomic E-state index is 0.430. The fourth-order valence-corrected chi connectivity index (χ4v) is 2.48. The number of nitrogens with two attached hydrogens (primary N) is 1. The smallest absolute Gasteiger partial charge is 0.153 e. The molecular weight excluding hydrogens is 220 g/mol. The number of aryl methyl sites for hydroxylation is 1. The van der Waals surface area contributed by atoms with Crippen LogP contribution < -0.4 is 5.73 Å². The largest absolute Gasteiger partial charge is 0.460 e. The first-order valence-electron chi connectivity index (χ1n) is 5.43. The van der Waals surface area contributed by atoms with Crippen LogP contribution in [0.25, 0.3) is 11.5 Å². The van der Waals surface area contributed by atoms with Gasteiger partial charge in [-0.15, -0.1) is 11.3 Å². The molecule has 1 atom stereocenters. The van der Waals surface area contributed by atoms with Crippen LogP contribution in [0.2, 0.25) is 0 Å². The van der Waals surface area contributed by atoms with E-state index in [2.05, 4.69) is 11.9 Å². The fraction of sp³-hybridized carbons (Fsp3) is 0.417. The maximum atomic E-state index is 5.55. The van der Waals surface area contributed by atoms with E-state index in [9.17, 15) is 0 Å². The summed E-state index contributed by atoms with van der Waals surface area (Å²) in [5.74, 6) is 2.19. The van der Waals surface area contributed by atoms with Crippen LogP contribution in [0.1, 0.15) is 30.0 Å². The number of rotatable bonds is 4. The molecule has 0 saturated heterocycles. The van der Waals surface area contributed by atoms with Gasteiger partial charge in [0.2, 0.25) is 0 Å². The van der Waals surface area contributed by atoms with E-state index in [1.54, 1.807) is 11.3 Å². The van der Waals surface area contributed by atoms with Gasteiger partial charge in [0.25, 0.3) is 0 Å². The summed E-state index contributed by atoms with van der Waals surface area (Å²) in [4.78, 5) is 4.58. The third kappa shape index (κ3) is 2.33. The average molecular weight is 236 g/mol. The van der Waals surface area contributed by atoms with Gasteiger partial charge in [0, 0.05) is 11.3 Å². The lowest BCUT2D eigenvalue weighted by atomic mass is 10.1. The standard InChI is InChI=1S/C12H16N2OS/c1-8(5-6-13)12-14-10(7-16-12)11-4-3-9(2)15-11/h3-4,7-8H,5-6,13H2,1-2H3. The molecular formula is C12H16N2OS. The number of thiazole rings is 1. The van der Waals surface area contributed by atoms with Gasteiger partial charge in [-0.05, 0) is 32.0 Å². The number of furan rings is 1. The van der Waals surface area contributed by atoms with E-state index < -0.39 is 0 Å². The van der Waals surface area contributed by atoms with E-state index in [4.69, 9.17) is 10.2 Å². The van der Waals surface area contributed by atoms with Crippen molar-refractivity contribution >= 4 is 11.3 Å². The molecule has 0 radical (unpaired) electrons. The molecule has 0 spiro atoms. The Balaban J connectivity index is 2.19. The van der Waals surface area contributed by atoms with Crippen LogP contribution in [0.4, 0.5) is 0 Å². The molecule has 1 unspecified atom stereocenters. The SMILES string of the molecule is Cc1ccc(-c2csc(C(C)CCN)n2)o1. The molecule has 0 fully saturated rings. The van der Waals surface area contributed by atoms with Crippen LogP contribution in [0.5, 0.6) is 0 Å². The Labute approximate surface area is 99.3 Å². The molecule has 3 nitrogen and oxygen atoms in total. The maximum Gasteiger partial charge on any atom is 0.153 e. The average Bonchev–Trinajstić information content (AvgIpc) is 2.85. The van der Waals surface area contributed by atoms with E-state index in [-0.39, 0.29) is 0 Å². The first-order valence-corrected chi connectivity index (χ1v) is 6.31. The molecule has 0 aliphatic rings. The molecule has 0 amide bonds. The summed E-state index contributed by atoms with van der Waals surface area (Å²) in [5, 5.41) is 3.18. The maximum absolute atomic E-state index is 5.55. The fourth-order valence-electron chi connectivity index (χ4n) is 1.57. The third-order valence-corrected chi connectivity index (χ3v) is 3.61. The van der Waals surface area contributed by atoms with Gasteiger partial charge in [0.15, 0.2) is 5.76 Å². The predicted octanol–water partition coefficient (Wildman–Crippen LogP) is 3.16. The molecule has 2 rings (SSSR count). The van der Waals surface area contributed by atoms with Crippen LogP contribution in [0.3, 0.4) is 0 Å². The summed E-state index contributed by atoms with van der Waals surface area (Å²) in [7, 11) is 0. The normalized spacial score (nSPS) is 12.9. The van der Waals surface area contributed by atoms with Gasteiger partial charge in [-0.25, -0.2) is 4.98 Å². The highest BCUT2D eigenvalue weighted by atomic mass is 32.1. The Bertz CT molecular complexity index is 461. The van der Waals surface area contributed by atoms with Gasteiger partial charge in [-0.2, -0.15) is 0 Å². The molecule has 0 aromatic carbocycles. The minimum absolute atomic E-state index is 0.430. The van der Waals surface area contributed by atoms with Crippen molar-refractivity contribution in [2.45, 2.75) is 26.2 Å². The molecule has 0 saturated carbocycles. The summed E-state index contributed by atoms with van der Waals surface area (Å²) >= 11 is 1.68. The zero-order valence-electron chi connectivity index (χ0n) is 9.56. The van der Waals surface area contributed by atoms with Crippen molar-refractivity contribution in [1.29, 1.82) is 0 Å². The van der Waals surface area contributed by atoms with Crippen LogP contribution in [-0.4, -0.2) is 11.5 Å². The number of hydrogen-bond acceptors (Lipinski definition) is 4. The molecule has 0 bridgehead atoms. The number of aromatic nitrogens is 1. The number of nitrogens with zero attached hydrogens (tertiary/aromatic N) is 1. The molecule has 0 aliphatic heterocycles. The molecule has 2 aromatic rings. The highest BCUT2D eigenvalue weighted by Crippen LogP contribution is 2.28. The minimum Gasteiger partial charge on any atom is -0.460 e. The Morgan fingerprint density at radius 2 is 2.31 bits per heavy atom. The third-order valence-electron chi connectivity index (χ3n) is 2.54. The zero-order chi connectivity index (χ0) is 11.5. The summed E-state index contributed by atoms with van der Waals surface area (Å²) < 4.78 is 5.54. The molecule has 0 aliphatic carbocycles. The van der Waals surface area contributed by atoms with Crippen molar-refractivity contribution in [2.75, 3.05) is 6.54 Å². The van der Waals surface area contributed by atoms with Crippen molar-refractivity contribution in [2.24, 2.45) is 5.73 Å².